The zero-order valence-corrected chi connectivity index (χ0v) is 12.9. The highest BCUT2D eigenvalue weighted by Crippen LogP contribution is 2.36. The van der Waals surface area contributed by atoms with Crippen molar-refractivity contribution in [1.29, 1.82) is 0 Å². The maximum absolute atomic E-state index is 12.5. The summed E-state index contributed by atoms with van der Waals surface area (Å²) in [5.41, 5.74) is 1.31. The summed E-state index contributed by atoms with van der Waals surface area (Å²) >= 11 is 3.37. The van der Waals surface area contributed by atoms with E-state index < -0.39 is 0 Å². The van der Waals surface area contributed by atoms with Crippen molar-refractivity contribution in [2.45, 2.75) is 6.92 Å². The van der Waals surface area contributed by atoms with E-state index in [0.29, 0.717) is 29.2 Å². The van der Waals surface area contributed by atoms with Crippen molar-refractivity contribution in [1.82, 2.24) is 0 Å². The SMILES string of the molecule is CCOc1cc(Br)ccc1N1C(=O)c2ccccc2C1=O. The van der Waals surface area contributed by atoms with E-state index >= 15 is 0 Å². The van der Waals surface area contributed by atoms with Gasteiger partial charge in [-0.15, -0.1) is 0 Å². The van der Waals surface area contributed by atoms with Crippen molar-refractivity contribution in [3.8, 4) is 5.75 Å². The highest BCUT2D eigenvalue weighted by atomic mass is 79.9. The number of carbonyl (C=O) groups excluding carboxylic acids is 2. The van der Waals surface area contributed by atoms with Crippen LogP contribution in [0.2, 0.25) is 0 Å². The minimum absolute atomic E-state index is 0.320. The first-order chi connectivity index (χ1) is 10.1. The molecule has 0 unspecified atom stereocenters. The van der Waals surface area contributed by atoms with Gasteiger partial charge < -0.3 is 4.74 Å². The van der Waals surface area contributed by atoms with Gasteiger partial charge >= 0.3 is 0 Å². The van der Waals surface area contributed by atoms with Crippen LogP contribution in [0.5, 0.6) is 5.75 Å². The molecule has 21 heavy (non-hydrogen) atoms. The fraction of sp³-hybridized carbons (Fsp3) is 0.125. The van der Waals surface area contributed by atoms with E-state index in [2.05, 4.69) is 15.9 Å². The van der Waals surface area contributed by atoms with Crippen molar-refractivity contribution in [3.05, 3.63) is 58.1 Å². The van der Waals surface area contributed by atoms with Gasteiger partial charge in [-0.2, -0.15) is 0 Å². The van der Waals surface area contributed by atoms with E-state index in [4.69, 9.17) is 4.74 Å². The van der Waals surface area contributed by atoms with Crippen LogP contribution in [-0.2, 0) is 0 Å². The zero-order chi connectivity index (χ0) is 15.0. The number of anilines is 1. The zero-order valence-electron chi connectivity index (χ0n) is 11.3. The minimum Gasteiger partial charge on any atom is -0.492 e. The number of halogens is 1. The third-order valence-electron chi connectivity index (χ3n) is 3.26. The topological polar surface area (TPSA) is 46.6 Å². The van der Waals surface area contributed by atoms with Crippen LogP contribution in [0.25, 0.3) is 0 Å². The number of nitrogens with zero attached hydrogens (tertiary/aromatic N) is 1. The molecule has 1 aliphatic rings. The smallest absolute Gasteiger partial charge is 0.266 e. The van der Waals surface area contributed by atoms with Gasteiger partial charge in [-0.1, -0.05) is 28.1 Å². The number of hydrogen-bond acceptors (Lipinski definition) is 3. The number of hydrogen-bond donors (Lipinski definition) is 0. The summed E-state index contributed by atoms with van der Waals surface area (Å²) in [5, 5.41) is 0. The number of fused-ring (bicyclic) bond motifs is 1. The van der Waals surface area contributed by atoms with Crippen molar-refractivity contribution < 1.29 is 14.3 Å². The van der Waals surface area contributed by atoms with Gasteiger partial charge in [0.1, 0.15) is 5.75 Å². The van der Waals surface area contributed by atoms with E-state index in [-0.39, 0.29) is 11.8 Å². The number of carbonyl (C=O) groups is 2. The number of amides is 2. The summed E-state index contributed by atoms with van der Waals surface area (Å²) in [7, 11) is 0. The molecule has 0 saturated carbocycles. The molecule has 0 atom stereocenters. The molecule has 3 rings (SSSR count). The predicted octanol–water partition coefficient (Wildman–Crippen LogP) is 3.65. The maximum atomic E-state index is 12.5. The Balaban J connectivity index is 2.11. The fourth-order valence-electron chi connectivity index (χ4n) is 2.35. The highest BCUT2D eigenvalue weighted by molar-refractivity contribution is 9.10. The Morgan fingerprint density at radius 2 is 1.67 bits per heavy atom. The first-order valence-electron chi connectivity index (χ1n) is 6.53. The number of benzene rings is 2. The lowest BCUT2D eigenvalue weighted by atomic mass is 10.1. The van der Waals surface area contributed by atoms with Crippen molar-refractivity contribution in [3.63, 3.8) is 0 Å². The van der Waals surface area contributed by atoms with Gasteiger partial charge in [0, 0.05) is 4.47 Å². The Labute approximate surface area is 130 Å². The molecule has 0 saturated heterocycles. The molecule has 1 aliphatic heterocycles. The molecule has 0 radical (unpaired) electrons. The highest BCUT2D eigenvalue weighted by Gasteiger charge is 2.37. The summed E-state index contributed by atoms with van der Waals surface area (Å²) in [4.78, 5) is 26.1. The first kappa shape index (κ1) is 13.8. The summed E-state index contributed by atoms with van der Waals surface area (Å²) in [6.07, 6.45) is 0. The Kier molecular flexibility index (Phi) is 3.51. The summed E-state index contributed by atoms with van der Waals surface area (Å²) in [6.45, 7) is 2.31. The predicted molar refractivity (Wildman–Crippen MR) is 82.9 cm³/mol. The fourth-order valence-corrected chi connectivity index (χ4v) is 2.69. The summed E-state index contributed by atoms with van der Waals surface area (Å²) < 4.78 is 6.37. The van der Waals surface area contributed by atoms with Gasteiger partial charge in [0.2, 0.25) is 0 Å². The lowest BCUT2D eigenvalue weighted by molar-refractivity contribution is 0.0925. The Bertz CT molecular complexity index is 707. The third-order valence-corrected chi connectivity index (χ3v) is 3.75. The average molecular weight is 346 g/mol. The second kappa shape index (κ2) is 5.33. The minimum atomic E-state index is -0.320. The van der Waals surface area contributed by atoms with Crippen LogP contribution in [-0.4, -0.2) is 18.4 Å². The Morgan fingerprint density at radius 1 is 1.05 bits per heavy atom. The van der Waals surface area contributed by atoms with Crippen LogP contribution in [0.4, 0.5) is 5.69 Å². The molecule has 0 N–H and O–H groups in total. The van der Waals surface area contributed by atoms with Gasteiger partial charge in [-0.25, -0.2) is 4.90 Å². The van der Waals surface area contributed by atoms with E-state index in [9.17, 15) is 9.59 Å². The monoisotopic (exact) mass is 345 g/mol. The Hall–Kier alpha value is -2.14. The molecule has 0 bridgehead atoms. The molecule has 5 heteroatoms. The van der Waals surface area contributed by atoms with Gasteiger partial charge in [-0.05, 0) is 37.3 Å². The second-order valence-electron chi connectivity index (χ2n) is 4.54. The summed E-state index contributed by atoms with van der Waals surface area (Å²) in [5.74, 6) is -0.140. The second-order valence-corrected chi connectivity index (χ2v) is 5.45. The van der Waals surface area contributed by atoms with Crippen molar-refractivity contribution in [2.24, 2.45) is 0 Å². The third kappa shape index (κ3) is 2.23. The number of rotatable bonds is 3. The van der Waals surface area contributed by atoms with E-state index in [1.807, 2.05) is 6.92 Å². The van der Waals surface area contributed by atoms with Crippen molar-refractivity contribution >= 4 is 33.4 Å². The van der Waals surface area contributed by atoms with E-state index in [1.165, 1.54) is 4.90 Å². The molecule has 4 nitrogen and oxygen atoms in total. The molecule has 106 valence electrons. The van der Waals surface area contributed by atoms with Crippen LogP contribution in [0.3, 0.4) is 0 Å². The van der Waals surface area contributed by atoms with Gasteiger partial charge in [0.15, 0.2) is 0 Å². The van der Waals surface area contributed by atoms with Gasteiger partial charge in [0.25, 0.3) is 11.8 Å². The summed E-state index contributed by atoms with van der Waals surface area (Å²) in [6, 6.07) is 12.1. The molecule has 0 fully saturated rings. The molecule has 1 heterocycles. The maximum Gasteiger partial charge on any atom is 0.266 e. The van der Waals surface area contributed by atoms with Crippen LogP contribution >= 0.6 is 15.9 Å². The van der Waals surface area contributed by atoms with E-state index in [0.717, 1.165) is 4.47 Å². The van der Waals surface area contributed by atoms with Crippen LogP contribution in [0.1, 0.15) is 27.6 Å². The molecule has 2 amide bonds. The molecule has 2 aromatic rings. The lowest BCUT2D eigenvalue weighted by Gasteiger charge is -2.18. The Morgan fingerprint density at radius 3 is 2.24 bits per heavy atom. The average Bonchev–Trinajstić information content (AvgIpc) is 2.73. The molecule has 0 aromatic heterocycles. The number of imide groups is 1. The number of ether oxygens (including phenoxy) is 1. The molecule has 0 aliphatic carbocycles. The standard InChI is InChI=1S/C16H12BrNO3/c1-2-21-14-9-10(17)7-8-13(14)18-15(19)11-5-3-4-6-12(11)16(18)20/h3-9H,2H2,1H3. The van der Waals surface area contributed by atoms with Gasteiger partial charge in [0.05, 0.1) is 23.4 Å². The lowest BCUT2D eigenvalue weighted by Crippen LogP contribution is -2.29. The first-order valence-corrected chi connectivity index (χ1v) is 7.33. The van der Waals surface area contributed by atoms with Crippen LogP contribution in [0, 0.1) is 0 Å². The molecular weight excluding hydrogens is 334 g/mol. The van der Waals surface area contributed by atoms with Crippen LogP contribution in [0.15, 0.2) is 46.9 Å². The van der Waals surface area contributed by atoms with Crippen molar-refractivity contribution in [2.75, 3.05) is 11.5 Å². The quantitative estimate of drug-likeness (QED) is 0.797. The van der Waals surface area contributed by atoms with Crippen LogP contribution < -0.4 is 9.64 Å². The molecule has 0 spiro atoms. The molecular formula is C16H12BrNO3. The normalized spacial score (nSPS) is 13.5. The molecule has 2 aromatic carbocycles. The van der Waals surface area contributed by atoms with Gasteiger partial charge in [-0.3, -0.25) is 9.59 Å². The van der Waals surface area contributed by atoms with E-state index in [1.54, 1.807) is 42.5 Å². The largest absolute Gasteiger partial charge is 0.492 e.